The molecule has 28 heavy (non-hydrogen) atoms. The van der Waals surface area contributed by atoms with Crippen molar-refractivity contribution in [3.05, 3.63) is 74.5 Å². The van der Waals surface area contributed by atoms with Gasteiger partial charge in [0.2, 0.25) is 5.91 Å². The molecular formula is C20H14Cl2FN3OS. The summed E-state index contributed by atoms with van der Waals surface area (Å²) in [6, 6.07) is 13.9. The molecule has 142 valence electrons. The monoisotopic (exact) mass is 433 g/mol. The Bertz CT molecular complexity index is 999. The number of allylic oxidation sites excluding steroid dienone is 1. The number of fused-ring (bicyclic) bond motifs is 1. The van der Waals surface area contributed by atoms with E-state index in [-0.39, 0.29) is 22.9 Å². The van der Waals surface area contributed by atoms with E-state index in [0.717, 1.165) is 5.69 Å². The van der Waals surface area contributed by atoms with Gasteiger partial charge in [-0.3, -0.25) is 9.69 Å². The Morgan fingerprint density at radius 3 is 2.61 bits per heavy atom. The fourth-order valence-electron chi connectivity index (χ4n) is 3.47. The maximum absolute atomic E-state index is 14.4. The molecule has 0 aliphatic carbocycles. The molecule has 1 fully saturated rings. The van der Waals surface area contributed by atoms with Gasteiger partial charge in [0, 0.05) is 33.6 Å². The van der Waals surface area contributed by atoms with Gasteiger partial charge in [0.1, 0.15) is 5.82 Å². The van der Waals surface area contributed by atoms with Crippen LogP contribution in [0.3, 0.4) is 0 Å². The summed E-state index contributed by atoms with van der Waals surface area (Å²) >= 11 is 13.5. The lowest BCUT2D eigenvalue weighted by atomic mass is 9.86. The molecule has 1 saturated heterocycles. The van der Waals surface area contributed by atoms with E-state index in [0.29, 0.717) is 28.2 Å². The van der Waals surface area contributed by atoms with E-state index in [1.165, 1.54) is 23.9 Å². The first-order valence-electron chi connectivity index (χ1n) is 8.51. The fourth-order valence-corrected chi connectivity index (χ4v) is 5.06. The van der Waals surface area contributed by atoms with Gasteiger partial charge in [-0.05, 0) is 36.4 Å². The van der Waals surface area contributed by atoms with Crippen LogP contribution in [0.1, 0.15) is 17.9 Å². The van der Waals surface area contributed by atoms with E-state index < -0.39 is 11.7 Å². The molecule has 8 heteroatoms. The molecule has 1 amide bonds. The minimum Gasteiger partial charge on any atom is -0.344 e. The van der Waals surface area contributed by atoms with E-state index in [9.17, 15) is 14.4 Å². The zero-order valence-electron chi connectivity index (χ0n) is 14.5. The van der Waals surface area contributed by atoms with Crippen LogP contribution in [-0.2, 0) is 4.79 Å². The maximum Gasteiger partial charge on any atom is 0.229 e. The second-order valence-electron chi connectivity index (χ2n) is 6.48. The average molecular weight is 434 g/mol. The van der Waals surface area contributed by atoms with Crippen LogP contribution in [0.4, 0.5) is 10.1 Å². The average Bonchev–Trinajstić information content (AvgIpc) is 2.68. The lowest BCUT2D eigenvalue weighted by molar-refractivity contribution is -0.129. The lowest BCUT2D eigenvalue weighted by Gasteiger charge is -2.42. The number of hydrogen-bond acceptors (Lipinski definition) is 4. The van der Waals surface area contributed by atoms with Gasteiger partial charge in [0.25, 0.3) is 0 Å². The first-order valence-corrected chi connectivity index (χ1v) is 10.3. The third kappa shape index (κ3) is 3.35. The molecule has 1 atom stereocenters. The Balaban J connectivity index is 1.70. The van der Waals surface area contributed by atoms with Crippen molar-refractivity contribution in [3.63, 3.8) is 0 Å². The molecule has 0 saturated carbocycles. The van der Waals surface area contributed by atoms with Crippen LogP contribution in [0.5, 0.6) is 0 Å². The molecule has 0 radical (unpaired) electrons. The van der Waals surface area contributed by atoms with Crippen molar-refractivity contribution in [1.82, 2.24) is 4.90 Å². The molecule has 2 aliphatic rings. The highest BCUT2D eigenvalue weighted by atomic mass is 35.5. The third-order valence-electron chi connectivity index (χ3n) is 4.83. The van der Waals surface area contributed by atoms with Gasteiger partial charge in [-0.15, -0.1) is 0 Å². The van der Waals surface area contributed by atoms with Crippen LogP contribution in [0, 0.1) is 17.1 Å². The highest BCUT2D eigenvalue weighted by Gasteiger charge is 2.39. The van der Waals surface area contributed by atoms with Crippen molar-refractivity contribution in [3.8, 4) is 6.07 Å². The predicted molar refractivity (Wildman–Crippen MR) is 110 cm³/mol. The zero-order chi connectivity index (χ0) is 19.8. The first-order chi connectivity index (χ1) is 13.5. The number of halogens is 3. The Kier molecular flexibility index (Phi) is 5.24. The van der Waals surface area contributed by atoms with E-state index >= 15 is 0 Å². The van der Waals surface area contributed by atoms with E-state index in [4.69, 9.17) is 23.2 Å². The summed E-state index contributed by atoms with van der Waals surface area (Å²) in [5.74, 6) is -0.781. The second kappa shape index (κ2) is 7.67. The smallest absolute Gasteiger partial charge is 0.229 e. The summed E-state index contributed by atoms with van der Waals surface area (Å²) in [6.07, 6.45) is 0.00205. The Morgan fingerprint density at radius 2 is 1.93 bits per heavy atom. The molecule has 0 bridgehead atoms. The number of amides is 1. The molecular weight excluding hydrogens is 420 g/mol. The molecule has 0 unspecified atom stereocenters. The number of nitrogens with zero attached hydrogens (tertiary/aromatic N) is 3. The molecule has 0 N–H and O–H groups in total. The van der Waals surface area contributed by atoms with Crippen molar-refractivity contribution in [2.75, 3.05) is 17.4 Å². The predicted octanol–water partition coefficient (Wildman–Crippen LogP) is 5.35. The van der Waals surface area contributed by atoms with Crippen LogP contribution in [0.25, 0.3) is 0 Å². The minimum absolute atomic E-state index is 0.00205. The van der Waals surface area contributed by atoms with Crippen molar-refractivity contribution in [2.24, 2.45) is 0 Å². The number of carbonyl (C=O) groups excluding carboxylic acids is 1. The number of hydrogen-bond donors (Lipinski definition) is 0. The van der Waals surface area contributed by atoms with Crippen LogP contribution in [0.2, 0.25) is 10.0 Å². The highest BCUT2D eigenvalue weighted by molar-refractivity contribution is 8.03. The summed E-state index contributed by atoms with van der Waals surface area (Å²) in [6.45, 7) is 0.325. The molecule has 0 spiro atoms. The molecule has 2 aromatic carbocycles. The van der Waals surface area contributed by atoms with Gasteiger partial charge in [0.05, 0.1) is 29.2 Å². The lowest BCUT2D eigenvalue weighted by Crippen LogP contribution is -2.47. The molecule has 0 aromatic heterocycles. The van der Waals surface area contributed by atoms with Crippen LogP contribution in [0.15, 0.2) is 53.1 Å². The van der Waals surface area contributed by atoms with Crippen molar-refractivity contribution in [2.45, 2.75) is 12.3 Å². The summed E-state index contributed by atoms with van der Waals surface area (Å²) in [5.41, 5.74) is 1.52. The highest BCUT2D eigenvalue weighted by Crippen LogP contribution is 2.45. The molecule has 2 aliphatic heterocycles. The summed E-state index contributed by atoms with van der Waals surface area (Å²) in [4.78, 5) is 16.5. The normalized spacial score (nSPS) is 19.5. The van der Waals surface area contributed by atoms with Gasteiger partial charge in [-0.1, -0.05) is 41.0 Å². The van der Waals surface area contributed by atoms with Gasteiger partial charge in [-0.2, -0.15) is 5.26 Å². The van der Waals surface area contributed by atoms with E-state index in [2.05, 4.69) is 6.07 Å². The fraction of sp³-hybridized carbons (Fsp3) is 0.200. The zero-order valence-corrected chi connectivity index (χ0v) is 16.9. The Hall–Kier alpha value is -2.20. The molecule has 2 heterocycles. The first kappa shape index (κ1) is 19.1. The largest absolute Gasteiger partial charge is 0.344 e. The van der Waals surface area contributed by atoms with Gasteiger partial charge < -0.3 is 4.90 Å². The molecule has 2 aromatic rings. The summed E-state index contributed by atoms with van der Waals surface area (Å²) < 4.78 is 14.4. The summed E-state index contributed by atoms with van der Waals surface area (Å²) in [5, 5.41) is 11.2. The van der Waals surface area contributed by atoms with E-state index in [1.54, 1.807) is 23.1 Å². The number of benzene rings is 2. The van der Waals surface area contributed by atoms with Gasteiger partial charge in [-0.25, -0.2) is 4.39 Å². The Labute approximate surface area is 176 Å². The van der Waals surface area contributed by atoms with E-state index in [1.807, 2.05) is 17.0 Å². The number of rotatable bonds is 2. The number of carbonyl (C=O) groups is 1. The standard InChI is InChI=1S/C20H14Cl2FN3OS/c21-12-4-6-13(7-5-12)25-10-26-18(27)8-14(15(9-24)20(26)28-11-25)19-16(22)2-1-3-17(19)23/h1-7,14H,8,10-11H2/t14-/m0/s1. The van der Waals surface area contributed by atoms with Gasteiger partial charge in [0.15, 0.2) is 0 Å². The van der Waals surface area contributed by atoms with Crippen LogP contribution >= 0.6 is 35.0 Å². The number of anilines is 1. The summed E-state index contributed by atoms with van der Waals surface area (Å²) in [7, 11) is 0. The van der Waals surface area contributed by atoms with Gasteiger partial charge >= 0.3 is 0 Å². The third-order valence-corrected chi connectivity index (χ3v) is 6.57. The van der Waals surface area contributed by atoms with Crippen molar-refractivity contribution >= 4 is 46.6 Å². The minimum atomic E-state index is -0.674. The topological polar surface area (TPSA) is 47.3 Å². The Morgan fingerprint density at radius 1 is 1.18 bits per heavy atom. The van der Waals surface area contributed by atoms with Crippen LogP contribution in [-0.4, -0.2) is 23.4 Å². The number of nitriles is 1. The SMILES string of the molecule is N#CC1=C2SCN(c3ccc(Cl)cc3)CN2C(=O)C[C@@H]1c1c(F)cccc1Cl. The van der Waals surface area contributed by atoms with Crippen molar-refractivity contribution < 1.29 is 9.18 Å². The van der Waals surface area contributed by atoms with Crippen molar-refractivity contribution in [1.29, 1.82) is 5.26 Å². The maximum atomic E-state index is 14.4. The quantitative estimate of drug-likeness (QED) is 0.639. The van der Waals surface area contributed by atoms with Crippen LogP contribution < -0.4 is 4.90 Å². The molecule has 4 nitrogen and oxygen atoms in total. The second-order valence-corrected chi connectivity index (χ2v) is 8.25. The molecule has 4 rings (SSSR count). The number of thioether (sulfide) groups is 1.